The molecule has 0 radical (unpaired) electrons. The highest BCUT2D eigenvalue weighted by Gasteiger charge is 2.15. The van der Waals surface area contributed by atoms with Crippen molar-refractivity contribution < 1.29 is 19.4 Å². The van der Waals surface area contributed by atoms with Crippen molar-refractivity contribution in [2.75, 3.05) is 0 Å². The number of hydrogen-bond acceptors (Lipinski definition) is 3. The molecule has 0 aromatic heterocycles. The van der Waals surface area contributed by atoms with E-state index in [-0.39, 0.29) is 18.0 Å². The molecule has 0 fully saturated rings. The molecule has 0 saturated carbocycles. The number of carboxylic acids is 1. The molecule has 0 bridgehead atoms. The van der Waals surface area contributed by atoms with Crippen molar-refractivity contribution in [3.63, 3.8) is 0 Å². The molecule has 0 amide bonds. The van der Waals surface area contributed by atoms with Crippen LogP contribution in [0.15, 0.2) is 57.5 Å². The zero-order chi connectivity index (χ0) is 22.6. The number of ether oxygens (including phenoxy) is 1. The van der Waals surface area contributed by atoms with Crippen LogP contribution in [-0.2, 0) is 27.2 Å². The average molecular weight is 542 g/mol. The number of aryl methyl sites for hydroxylation is 2. The SMILES string of the molecule is CC(C)(C)OC(=O)CCCc1ccc(Br)cc1.O=C(O)CCCc1ccc(Br)cc1. The van der Waals surface area contributed by atoms with E-state index in [2.05, 4.69) is 44.0 Å². The van der Waals surface area contributed by atoms with Crippen LogP contribution in [0.2, 0.25) is 0 Å². The van der Waals surface area contributed by atoms with Gasteiger partial charge in [0.15, 0.2) is 0 Å². The summed E-state index contributed by atoms with van der Waals surface area (Å²) < 4.78 is 7.38. The van der Waals surface area contributed by atoms with Gasteiger partial charge >= 0.3 is 11.9 Å². The van der Waals surface area contributed by atoms with Crippen LogP contribution >= 0.6 is 31.9 Å². The van der Waals surface area contributed by atoms with Gasteiger partial charge in [-0.05, 0) is 81.8 Å². The van der Waals surface area contributed by atoms with Crippen LogP contribution in [-0.4, -0.2) is 22.6 Å². The molecule has 0 aliphatic heterocycles. The Morgan fingerprint density at radius 1 is 0.800 bits per heavy atom. The van der Waals surface area contributed by atoms with E-state index in [0.717, 1.165) is 28.2 Å². The highest BCUT2D eigenvalue weighted by atomic mass is 79.9. The average Bonchev–Trinajstić information content (AvgIpc) is 2.64. The number of carbonyl (C=O) groups is 2. The third-order valence-corrected chi connectivity index (χ3v) is 5.01. The summed E-state index contributed by atoms with van der Waals surface area (Å²) in [4.78, 5) is 21.7. The van der Waals surface area contributed by atoms with Gasteiger partial charge in [0.2, 0.25) is 0 Å². The zero-order valence-electron chi connectivity index (χ0n) is 17.8. The first-order valence-electron chi connectivity index (χ1n) is 9.98. The quantitative estimate of drug-likeness (QED) is 0.366. The normalized spacial score (nSPS) is 10.7. The minimum Gasteiger partial charge on any atom is -0.481 e. The molecule has 6 heteroatoms. The molecule has 2 rings (SSSR count). The lowest BCUT2D eigenvalue weighted by Crippen LogP contribution is -2.23. The molecule has 0 aliphatic carbocycles. The monoisotopic (exact) mass is 540 g/mol. The second-order valence-electron chi connectivity index (χ2n) is 7.94. The topological polar surface area (TPSA) is 63.6 Å². The molecular formula is C24H30Br2O4. The maximum atomic E-state index is 11.5. The largest absolute Gasteiger partial charge is 0.481 e. The molecule has 2 aromatic rings. The fourth-order valence-corrected chi connectivity index (χ4v) is 3.10. The minimum absolute atomic E-state index is 0.116. The van der Waals surface area contributed by atoms with Crippen LogP contribution in [0.1, 0.15) is 57.6 Å². The molecule has 1 N–H and O–H groups in total. The van der Waals surface area contributed by atoms with E-state index in [4.69, 9.17) is 9.84 Å². The van der Waals surface area contributed by atoms with Crippen molar-refractivity contribution in [1.29, 1.82) is 0 Å². The van der Waals surface area contributed by atoms with E-state index < -0.39 is 5.97 Å². The van der Waals surface area contributed by atoms with Crippen molar-refractivity contribution in [2.24, 2.45) is 0 Å². The minimum atomic E-state index is -0.725. The Labute approximate surface area is 196 Å². The Bertz CT molecular complexity index is 778. The highest BCUT2D eigenvalue weighted by molar-refractivity contribution is 9.10. The van der Waals surface area contributed by atoms with Gasteiger partial charge in [-0.1, -0.05) is 56.1 Å². The van der Waals surface area contributed by atoms with Crippen LogP contribution in [0, 0.1) is 0 Å². The van der Waals surface area contributed by atoms with E-state index in [9.17, 15) is 9.59 Å². The number of esters is 1. The molecule has 30 heavy (non-hydrogen) atoms. The first-order valence-corrected chi connectivity index (χ1v) is 11.6. The smallest absolute Gasteiger partial charge is 0.306 e. The third kappa shape index (κ3) is 13.5. The van der Waals surface area contributed by atoms with Crippen molar-refractivity contribution in [1.82, 2.24) is 0 Å². The maximum absolute atomic E-state index is 11.5. The molecular weight excluding hydrogens is 512 g/mol. The summed E-state index contributed by atoms with van der Waals surface area (Å²) >= 11 is 6.74. The Kier molecular flexibility index (Phi) is 12.0. The lowest BCUT2D eigenvalue weighted by Gasteiger charge is -2.19. The van der Waals surface area contributed by atoms with Crippen molar-refractivity contribution in [3.8, 4) is 0 Å². The highest BCUT2D eigenvalue weighted by Crippen LogP contribution is 2.14. The number of hydrogen-bond donors (Lipinski definition) is 1. The van der Waals surface area contributed by atoms with Gasteiger partial charge < -0.3 is 9.84 Å². The number of benzene rings is 2. The number of halogens is 2. The first-order chi connectivity index (χ1) is 14.0. The Hall–Kier alpha value is -1.66. The van der Waals surface area contributed by atoms with Crippen LogP contribution < -0.4 is 0 Å². The summed E-state index contributed by atoms with van der Waals surface area (Å²) in [5.74, 6) is -0.841. The number of aliphatic carboxylic acids is 1. The van der Waals surface area contributed by atoms with Crippen LogP contribution in [0.5, 0.6) is 0 Å². The van der Waals surface area contributed by atoms with Gasteiger partial charge in [0.25, 0.3) is 0 Å². The summed E-state index contributed by atoms with van der Waals surface area (Å²) in [6.45, 7) is 5.67. The number of rotatable bonds is 8. The molecule has 4 nitrogen and oxygen atoms in total. The second-order valence-corrected chi connectivity index (χ2v) is 9.77. The summed E-state index contributed by atoms with van der Waals surface area (Å²) in [5, 5.41) is 8.43. The van der Waals surface area contributed by atoms with E-state index in [1.807, 2.05) is 57.2 Å². The predicted octanol–water partition coefficient (Wildman–Crippen LogP) is 6.97. The molecule has 0 aliphatic rings. The molecule has 0 atom stereocenters. The van der Waals surface area contributed by atoms with Crippen LogP contribution in [0.3, 0.4) is 0 Å². The predicted molar refractivity (Wildman–Crippen MR) is 128 cm³/mol. The summed E-state index contributed by atoms with van der Waals surface area (Å²) in [6.07, 6.45) is 4.00. The van der Waals surface area contributed by atoms with Crippen molar-refractivity contribution in [3.05, 3.63) is 68.6 Å². The number of carbonyl (C=O) groups excluding carboxylic acids is 1. The summed E-state index contributed by atoms with van der Waals surface area (Å²) in [6, 6.07) is 16.1. The zero-order valence-corrected chi connectivity index (χ0v) is 21.0. The fourth-order valence-electron chi connectivity index (χ4n) is 2.58. The van der Waals surface area contributed by atoms with E-state index in [1.54, 1.807) is 0 Å². The Balaban J connectivity index is 0.000000311. The molecule has 0 heterocycles. The number of carboxylic acid groups (broad SMARTS) is 1. The van der Waals surface area contributed by atoms with Crippen molar-refractivity contribution in [2.45, 2.75) is 64.9 Å². The molecule has 2 aromatic carbocycles. The van der Waals surface area contributed by atoms with Gasteiger partial charge in [0.05, 0.1) is 0 Å². The van der Waals surface area contributed by atoms with Gasteiger partial charge in [0, 0.05) is 21.8 Å². The standard InChI is InChI=1S/C14H19BrO2.C10H11BrO2/c1-14(2,3)17-13(16)6-4-5-11-7-9-12(15)10-8-11;11-9-6-4-8(5-7-9)2-1-3-10(12)13/h7-10H,4-6H2,1-3H3;4-7H,1-3H2,(H,12,13). The maximum Gasteiger partial charge on any atom is 0.306 e. The van der Waals surface area contributed by atoms with Gasteiger partial charge in [-0.15, -0.1) is 0 Å². The van der Waals surface area contributed by atoms with Crippen LogP contribution in [0.4, 0.5) is 0 Å². The summed E-state index contributed by atoms with van der Waals surface area (Å²) in [5.41, 5.74) is 2.05. The lowest BCUT2D eigenvalue weighted by molar-refractivity contribution is -0.154. The Morgan fingerprint density at radius 2 is 1.20 bits per heavy atom. The molecule has 0 saturated heterocycles. The van der Waals surface area contributed by atoms with Crippen molar-refractivity contribution >= 4 is 43.8 Å². The third-order valence-electron chi connectivity index (χ3n) is 3.95. The lowest BCUT2D eigenvalue weighted by atomic mass is 10.1. The van der Waals surface area contributed by atoms with Gasteiger partial charge in [-0.2, -0.15) is 0 Å². The van der Waals surface area contributed by atoms with Gasteiger partial charge in [-0.3, -0.25) is 9.59 Å². The van der Waals surface area contributed by atoms with Crippen LogP contribution in [0.25, 0.3) is 0 Å². The second kappa shape index (κ2) is 13.6. The summed E-state index contributed by atoms with van der Waals surface area (Å²) in [7, 11) is 0. The first kappa shape index (κ1) is 26.4. The van der Waals surface area contributed by atoms with E-state index in [1.165, 1.54) is 11.1 Å². The van der Waals surface area contributed by atoms with Gasteiger partial charge in [-0.25, -0.2) is 0 Å². The Morgan fingerprint density at radius 3 is 1.57 bits per heavy atom. The fraction of sp³-hybridized carbons (Fsp3) is 0.417. The molecule has 0 unspecified atom stereocenters. The van der Waals surface area contributed by atoms with E-state index in [0.29, 0.717) is 12.8 Å². The molecule has 164 valence electrons. The molecule has 0 spiro atoms. The van der Waals surface area contributed by atoms with Gasteiger partial charge in [0.1, 0.15) is 5.60 Å². The van der Waals surface area contributed by atoms with E-state index >= 15 is 0 Å².